The molecule has 5 atom stereocenters. The fourth-order valence-electron chi connectivity index (χ4n) is 6.00. The summed E-state index contributed by atoms with van der Waals surface area (Å²) in [6.45, 7) is 3.36. The number of benzene rings is 1. The second-order valence-corrected chi connectivity index (χ2v) is 11.3. The Morgan fingerprint density at radius 3 is 2.65 bits per heavy atom. The molecule has 1 aromatic carbocycles. The van der Waals surface area contributed by atoms with E-state index < -0.39 is 22.6 Å². The average molecular weight is 488 g/mol. The molecule has 3 aliphatic rings. The van der Waals surface area contributed by atoms with Crippen LogP contribution in [0.3, 0.4) is 0 Å². The number of hydrogen-bond acceptors (Lipinski definition) is 5. The molecule has 7 nitrogen and oxygen atoms in total. The van der Waals surface area contributed by atoms with Crippen LogP contribution in [-0.2, 0) is 14.4 Å². The Kier molecular flexibility index (Phi) is 8.19. The highest BCUT2D eigenvalue weighted by Gasteiger charge is 2.73. The van der Waals surface area contributed by atoms with Crippen molar-refractivity contribution in [2.24, 2.45) is 11.8 Å². The van der Waals surface area contributed by atoms with E-state index in [1.807, 2.05) is 30.3 Å². The van der Waals surface area contributed by atoms with Crippen molar-refractivity contribution in [3.63, 3.8) is 0 Å². The minimum absolute atomic E-state index is 0.0550. The van der Waals surface area contributed by atoms with Crippen molar-refractivity contribution in [1.29, 1.82) is 0 Å². The lowest BCUT2D eigenvalue weighted by atomic mass is 9.70. The second-order valence-electron chi connectivity index (χ2n) is 9.73. The molecule has 3 saturated heterocycles. The molecule has 3 aliphatic heterocycles. The number of aliphatic hydroxyl groups excluding tert-OH is 1. The van der Waals surface area contributed by atoms with Gasteiger partial charge in [-0.1, -0.05) is 38.0 Å². The van der Waals surface area contributed by atoms with E-state index in [2.05, 4.69) is 17.6 Å². The molecule has 8 heteroatoms. The van der Waals surface area contributed by atoms with Gasteiger partial charge in [-0.2, -0.15) is 0 Å². The quantitative estimate of drug-likeness (QED) is 0.393. The molecule has 3 fully saturated rings. The highest BCUT2D eigenvalue weighted by atomic mass is 32.2. The average Bonchev–Trinajstić information content (AvgIpc) is 3.47. The summed E-state index contributed by atoms with van der Waals surface area (Å²) in [6.07, 6.45) is 6.92. The van der Waals surface area contributed by atoms with Gasteiger partial charge in [0.05, 0.1) is 16.6 Å². The number of carbonyl (C=O) groups excluding carboxylic acids is 3. The van der Waals surface area contributed by atoms with E-state index in [1.54, 1.807) is 16.7 Å². The molecule has 0 aromatic heterocycles. The molecule has 2 bridgehead atoms. The summed E-state index contributed by atoms with van der Waals surface area (Å²) >= 11 is 1.70. The van der Waals surface area contributed by atoms with Crippen LogP contribution in [0.15, 0.2) is 30.3 Å². The second kappa shape index (κ2) is 11.1. The van der Waals surface area contributed by atoms with Crippen LogP contribution in [0.2, 0.25) is 0 Å². The third kappa shape index (κ3) is 4.71. The van der Waals surface area contributed by atoms with Gasteiger partial charge in [0.2, 0.25) is 17.7 Å². The highest BCUT2D eigenvalue weighted by Crippen LogP contribution is 2.66. The molecule has 1 spiro atoms. The minimum atomic E-state index is -0.537. The van der Waals surface area contributed by atoms with Gasteiger partial charge >= 0.3 is 0 Å². The van der Waals surface area contributed by atoms with E-state index in [9.17, 15) is 14.4 Å². The number of likely N-dealkylation sites (tertiary alicyclic amines) is 1. The summed E-state index contributed by atoms with van der Waals surface area (Å²) < 4.78 is -0.535. The Morgan fingerprint density at radius 2 is 1.91 bits per heavy atom. The largest absolute Gasteiger partial charge is 0.396 e. The van der Waals surface area contributed by atoms with Gasteiger partial charge in [0, 0.05) is 30.6 Å². The number of carbonyl (C=O) groups is 3. The third-order valence-corrected chi connectivity index (χ3v) is 9.48. The Morgan fingerprint density at radius 1 is 1.12 bits per heavy atom. The van der Waals surface area contributed by atoms with Crippen LogP contribution >= 0.6 is 11.8 Å². The van der Waals surface area contributed by atoms with Crippen LogP contribution in [-0.4, -0.2) is 63.5 Å². The molecule has 4 rings (SSSR count). The van der Waals surface area contributed by atoms with Gasteiger partial charge < -0.3 is 20.6 Å². The van der Waals surface area contributed by atoms with Crippen molar-refractivity contribution in [3.05, 3.63) is 30.3 Å². The SMILES string of the molecule is CCCCCNC(=O)C1N(CCCCCO)C(=O)[C@@H]2[C@H](C(=O)Nc3ccccc3)[C@@H]3CCC12S3. The van der Waals surface area contributed by atoms with E-state index in [1.165, 1.54) is 0 Å². The maximum Gasteiger partial charge on any atom is 0.244 e. The molecule has 186 valence electrons. The van der Waals surface area contributed by atoms with Crippen LogP contribution in [0.4, 0.5) is 5.69 Å². The van der Waals surface area contributed by atoms with Crippen molar-refractivity contribution in [1.82, 2.24) is 10.2 Å². The molecule has 3 N–H and O–H groups in total. The summed E-state index contributed by atoms with van der Waals surface area (Å²) in [7, 11) is 0. The van der Waals surface area contributed by atoms with E-state index in [0.29, 0.717) is 19.5 Å². The van der Waals surface area contributed by atoms with E-state index in [4.69, 9.17) is 5.11 Å². The van der Waals surface area contributed by atoms with Gasteiger partial charge in [-0.25, -0.2) is 0 Å². The number of anilines is 1. The zero-order valence-corrected chi connectivity index (χ0v) is 20.8. The lowest BCUT2D eigenvalue weighted by molar-refractivity contribution is -0.139. The van der Waals surface area contributed by atoms with Crippen molar-refractivity contribution in [2.75, 3.05) is 25.0 Å². The molecule has 2 unspecified atom stereocenters. The molecule has 3 heterocycles. The van der Waals surface area contributed by atoms with E-state index >= 15 is 0 Å². The van der Waals surface area contributed by atoms with Gasteiger partial charge in [0.15, 0.2) is 0 Å². The van der Waals surface area contributed by atoms with Crippen molar-refractivity contribution < 1.29 is 19.5 Å². The lowest BCUT2D eigenvalue weighted by Gasteiger charge is -2.34. The number of rotatable bonds is 12. The lowest BCUT2D eigenvalue weighted by Crippen LogP contribution is -2.53. The van der Waals surface area contributed by atoms with Crippen LogP contribution in [0.1, 0.15) is 58.3 Å². The van der Waals surface area contributed by atoms with Crippen molar-refractivity contribution in [3.8, 4) is 0 Å². The number of para-hydroxylation sites is 1. The molecule has 1 aromatic rings. The van der Waals surface area contributed by atoms with Crippen LogP contribution in [0, 0.1) is 11.8 Å². The smallest absolute Gasteiger partial charge is 0.244 e. The molecule has 3 amide bonds. The van der Waals surface area contributed by atoms with E-state index in [-0.39, 0.29) is 29.6 Å². The third-order valence-electron chi connectivity index (χ3n) is 7.53. The zero-order chi connectivity index (χ0) is 24.1. The summed E-state index contributed by atoms with van der Waals surface area (Å²) in [5.41, 5.74) is 0.728. The number of nitrogens with zero attached hydrogens (tertiary/aromatic N) is 1. The van der Waals surface area contributed by atoms with Gasteiger partial charge in [-0.15, -0.1) is 11.8 Å². The van der Waals surface area contributed by atoms with Crippen LogP contribution in [0.5, 0.6) is 0 Å². The normalized spacial score (nSPS) is 29.4. The van der Waals surface area contributed by atoms with Gasteiger partial charge in [0.25, 0.3) is 0 Å². The standard InChI is InChI=1S/C26H37N3O4S/c1-2-3-8-15-27-24(32)22-26-14-13-19(34-26)20(23(31)28-18-11-6-4-7-12-18)21(26)25(33)29(22)16-9-5-10-17-30/h4,6-7,11-12,19-22,30H,2-3,5,8-10,13-17H2,1H3,(H,27,32)(H,28,31)/t19-,20+,21-,22?,26?/m0/s1. The topological polar surface area (TPSA) is 98.7 Å². The fourth-order valence-corrected chi connectivity index (χ4v) is 8.21. The predicted octanol–water partition coefficient (Wildman–Crippen LogP) is 3.19. The fraction of sp³-hybridized carbons (Fsp3) is 0.654. The number of unbranched alkanes of at least 4 members (excludes halogenated alkanes) is 4. The summed E-state index contributed by atoms with van der Waals surface area (Å²) in [4.78, 5) is 42.4. The summed E-state index contributed by atoms with van der Waals surface area (Å²) in [5, 5.41) is 15.3. The summed E-state index contributed by atoms with van der Waals surface area (Å²) in [6, 6.07) is 8.82. The first kappa shape index (κ1) is 25.0. The first-order valence-electron chi connectivity index (χ1n) is 12.8. The molecular formula is C26H37N3O4S. The Labute approximate surface area is 206 Å². The van der Waals surface area contributed by atoms with Gasteiger partial charge in [0.1, 0.15) is 6.04 Å². The highest BCUT2D eigenvalue weighted by molar-refractivity contribution is 8.02. The number of thioether (sulfide) groups is 1. The summed E-state index contributed by atoms with van der Waals surface area (Å²) in [5.74, 6) is -1.15. The van der Waals surface area contributed by atoms with Crippen molar-refractivity contribution >= 4 is 35.2 Å². The van der Waals surface area contributed by atoms with Crippen LogP contribution < -0.4 is 10.6 Å². The molecule has 0 aliphatic carbocycles. The molecule has 0 saturated carbocycles. The molecular weight excluding hydrogens is 450 g/mol. The number of amides is 3. The van der Waals surface area contributed by atoms with Crippen LogP contribution in [0.25, 0.3) is 0 Å². The predicted molar refractivity (Wildman–Crippen MR) is 134 cm³/mol. The van der Waals surface area contributed by atoms with E-state index in [0.717, 1.165) is 50.6 Å². The Hall–Kier alpha value is -2.06. The molecule has 0 radical (unpaired) electrons. The Bertz CT molecular complexity index is 882. The molecule has 34 heavy (non-hydrogen) atoms. The van der Waals surface area contributed by atoms with Crippen molar-refractivity contribution in [2.45, 2.75) is 74.3 Å². The monoisotopic (exact) mass is 487 g/mol. The minimum Gasteiger partial charge on any atom is -0.396 e. The number of hydrogen-bond donors (Lipinski definition) is 3. The maximum atomic E-state index is 13.8. The number of fused-ring (bicyclic) bond motifs is 1. The maximum absolute atomic E-state index is 13.8. The number of nitrogens with one attached hydrogen (secondary N) is 2. The first-order valence-corrected chi connectivity index (χ1v) is 13.6. The zero-order valence-electron chi connectivity index (χ0n) is 20.0. The Balaban J connectivity index is 1.56. The first-order chi connectivity index (χ1) is 16.5. The van der Waals surface area contributed by atoms with Gasteiger partial charge in [-0.05, 0) is 50.7 Å². The number of aliphatic hydroxyl groups is 1. The van der Waals surface area contributed by atoms with Gasteiger partial charge in [-0.3, -0.25) is 14.4 Å².